The van der Waals surface area contributed by atoms with Gasteiger partial charge in [-0.05, 0) is 30.2 Å². The molecule has 0 spiro atoms. The fourth-order valence-corrected chi connectivity index (χ4v) is 3.40. The Morgan fingerprint density at radius 3 is 2.84 bits per heavy atom. The zero-order valence-electron chi connectivity index (χ0n) is 17.0. The molecule has 0 aliphatic carbocycles. The first kappa shape index (κ1) is 22.0. The minimum atomic E-state index is -0.458. The van der Waals surface area contributed by atoms with Crippen LogP contribution in [0, 0.1) is 10.1 Å². The molecule has 1 N–H and O–H groups in total. The molecule has 1 aromatic heterocycles. The number of thiazole rings is 1. The first-order valence-electron chi connectivity index (χ1n) is 9.50. The number of ether oxygens (including phenoxy) is 2. The molecule has 0 unspecified atom stereocenters. The smallest absolute Gasteiger partial charge is 0.270 e. The highest BCUT2D eigenvalue weighted by molar-refractivity contribution is 7.14. The van der Waals surface area contributed by atoms with Gasteiger partial charge in [-0.25, -0.2) is 4.98 Å². The first-order chi connectivity index (χ1) is 15.0. The van der Waals surface area contributed by atoms with E-state index in [2.05, 4.69) is 10.3 Å². The van der Waals surface area contributed by atoms with Crippen molar-refractivity contribution in [3.05, 3.63) is 69.6 Å². The Labute approximate surface area is 183 Å². The van der Waals surface area contributed by atoms with Crippen LogP contribution in [0.1, 0.15) is 18.9 Å². The van der Waals surface area contributed by atoms with Gasteiger partial charge in [0.15, 0.2) is 16.6 Å². The van der Waals surface area contributed by atoms with Crippen molar-refractivity contribution >= 4 is 34.1 Å². The summed E-state index contributed by atoms with van der Waals surface area (Å²) >= 11 is 1.24. The van der Waals surface area contributed by atoms with Crippen LogP contribution in [0.15, 0.2) is 53.9 Å². The molecule has 0 radical (unpaired) electrons. The van der Waals surface area contributed by atoms with Gasteiger partial charge in [0.05, 0.1) is 24.3 Å². The van der Waals surface area contributed by atoms with Crippen molar-refractivity contribution in [1.29, 1.82) is 0 Å². The summed E-state index contributed by atoms with van der Waals surface area (Å²) in [6.45, 7) is 2.62. The molecule has 1 heterocycles. The number of carbonyl (C=O) groups excluding carboxylic acids is 1. The maximum absolute atomic E-state index is 12.3. The number of nitrogens with one attached hydrogen (secondary N) is 1. The van der Waals surface area contributed by atoms with Crippen LogP contribution in [0.3, 0.4) is 0 Å². The second-order valence-corrected chi connectivity index (χ2v) is 7.28. The van der Waals surface area contributed by atoms with Gasteiger partial charge in [0.25, 0.3) is 5.69 Å². The molecule has 0 aliphatic rings. The highest BCUT2D eigenvalue weighted by atomic mass is 32.1. The second kappa shape index (κ2) is 10.4. The fraction of sp³-hybridized carbons (Fsp3) is 0.182. The maximum Gasteiger partial charge on any atom is 0.270 e. The number of non-ortho nitro benzene ring substituents is 1. The summed E-state index contributed by atoms with van der Waals surface area (Å²) in [4.78, 5) is 27.1. The van der Waals surface area contributed by atoms with Crippen molar-refractivity contribution < 1.29 is 19.2 Å². The molecule has 0 fully saturated rings. The van der Waals surface area contributed by atoms with E-state index in [-0.39, 0.29) is 11.6 Å². The quantitative estimate of drug-likeness (QED) is 0.280. The van der Waals surface area contributed by atoms with Crippen LogP contribution in [0.25, 0.3) is 17.3 Å². The molecule has 160 valence electrons. The standard InChI is InChI=1S/C22H21N3O5S/c1-3-11-30-19-9-7-15(12-20(19)29-2)8-10-21(26)24-22-23-18(14-31-22)16-5-4-6-17(13-16)25(27)28/h4-10,12-14H,3,11H2,1-2H3,(H,23,24,26). The number of carbonyl (C=O) groups is 1. The lowest BCUT2D eigenvalue weighted by atomic mass is 10.1. The van der Waals surface area contributed by atoms with Crippen LogP contribution in [-0.4, -0.2) is 29.5 Å². The molecule has 0 saturated heterocycles. The molecule has 0 bridgehead atoms. The summed E-state index contributed by atoms with van der Waals surface area (Å²) < 4.78 is 11.0. The summed E-state index contributed by atoms with van der Waals surface area (Å²) in [6, 6.07) is 11.6. The molecule has 3 rings (SSSR count). The van der Waals surface area contributed by atoms with E-state index < -0.39 is 4.92 Å². The monoisotopic (exact) mass is 439 g/mol. The molecule has 2 aromatic carbocycles. The number of anilines is 1. The van der Waals surface area contributed by atoms with Crippen LogP contribution >= 0.6 is 11.3 Å². The van der Waals surface area contributed by atoms with Crippen LogP contribution in [0.4, 0.5) is 10.8 Å². The van der Waals surface area contributed by atoms with Gasteiger partial charge in [0.1, 0.15) is 0 Å². The third-order valence-corrected chi connectivity index (χ3v) is 4.92. The Kier molecular flexibility index (Phi) is 7.34. The highest BCUT2D eigenvalue weighted by Gasteiger charge is 2.11. The second-order valence-electron chi connectivity index (χ2n) is 6.43. The Morgan fingerprint density at radius 1 is 1.26 bits per heavy atom. The number of rotatable bonds is 9. The van der Waals surface area contributed by atoms with Gasteiger partial charge in [-0.15, -0.1) is 11.3 Å². The largest absolute Gasteiger partial charge is 0.493 e. The number of aromatic nitrogens is 1. The van der Waals surface area contributed by atoms with Gasteiger partial charge >= 0.3 is 0 Å². The van der Waals surface area contributed by atoms with E-state index in [1.165, 1.54) is 29.5 Å². The molecule has 9 heteroatoms. The Morgan fingerprint density at radius 2 is 2.10 bits per heavy atom. The Hall–Kier alpha value is -3.72. The van der Waals surface area contributed by atoms with Crippen molar-refractivity contribution in [2.24, 2.45) is 0 Å². The molecule has 0 aliphatic heterocycles. The maximum atomic E-state index is 12.3. The topological polar surface area (TPSA) is 104 Å². The molecule has 0 atom stereocenters. The van der Waals surface area contributed by atoms with Crippen LogP contribution in [-0.2, 0) is 4.79 Å². The SMILES string of the molecule is CCCOc1ccc(C=CC(=O)Nc2nc(-c3cccc([N+](=O)[O-])c3)cs2)cc1OC. The van der Waals surface area contributed by atoms with Crippen molar-refractivity contribution in [3.63, 3.8) is 0 Å². The Balaban J connectivity index is 1.65. The summed E-state index contributed by atoms with van der Waals surface area (Å²) in [5.41, 5.74) is 1.94. The van der Waals surface area contributed by atoms with Gasteiger partial charge in [-0.3, -0.25) is 20.2 Å². The lowest BCUT2D eigenvalue weighted by molar-refractivity contribution is -0.384. The number of benzene rings is 2. The minimum absolute atomic E-state index is 0.0134. The third-order valence-electron chi connectivity index (χ3n) is 4.16. The summed E-state index contributed by atoms with van der Waals surface area (Å²) in [7, 11) is 1.57. The molecule has 8 nitrogen and oxygen atoms in total. The van der Waals surface area contributed by atoms with Gasteiger partial charge in [0, 0.05) is 29.2 Å². The molecule has 1 amide bonds. The molecular weight excluding hydrogens is 418 g/mol. The highest BCUT2D eigenvalue weighted by Crippen LogP contribution is 2.29. The number of methoxy groups -OCH3 is 1. The van der Waals surface area contributed by atoms with Gasteiger partial charge in [0.2, 0.25) is 5.91 Å². The van der Waals surface area contributed by atoms with Crippen LogP contribution < -0.4 is 14.8 Å². The van der Waals surface area contributed by atoms with Crippen LogP contribution in [0.5, 0.6) is 11.5 Å². The number of nitrogens with zero attached hydrogens (tertiary/aromatic N) is 2. The number of amides is 1. The van der Waals surface area contributed by atoms with Gasteiger partial charge in [-0.1, -0.05) is 25.1 Å². The first-order valence-corrected chi connectivity index (χ1v) is 10.4. The molecule has 31 heavy (non-hydrogen) atoms. The minimum Gasteiger partial charge on any atom is -0.493 e. The predicted molar refractivity (Wildman–Crippen MR) is 121 cm³/mol. The number of hydrogen-bond donors (Lipinski definition) is 1. The van der Waals surface area contributed by atoms with E-state index in [0.717, 1.165) is 12.0 Å². The average molecular weight is 439 g/mol. The van der Waals surface area contributed by atoms with Crippen molar-refractivity contribution in [3.8, 4) is 22.8 Å². The summed E-state index contributed by atoms with van der Waals surface area (Å²) in [5, 5.41) is 15.8. The van der Waals surface area contributed by atoms with E-state index in [0.29, 0.717) is 34.5 Å². The number of hydrogen-bond acceptors (Lipinski definition) is 7. The van der Waals surface area contributed by atoms with Gasteiger partial charge in [-0.2, -0.15) is 0 Å². The van der Waals surface area contributed by atoms with Gasteiger partial charge < -0.3 is 9.47 Å². The van der Waals surface area contributed by atoms with E-state index >= 15 is 0 Å². The molecular formula is C22H21N3O5S. The predicted octanol–water partition coefficient (Wildman–Crippen LogP) is 5.17. The Bertz CT molecular complexity index is 1110. The number of nitro groups is 1. The van der Waals surface area contributed by atoms with E-state index in [1.807, 2.05) is 13.0 Å². The third kappa shape index (κ3) is 5.89. The number of nitro benzene ring substituents is 1. The van der Waals surface area contributed by atoms with Crippen molar-refractivity contribution in [1.82, 2.24) is 4.98 Å². The normalized spacial score (nSPS) is 10.8. The van der Waals surface area contributed by atoms with Crippen LogP contribution in [0.2, 0.25) is 0 Å². The summed E-state index contributed by atoms with van der Waals surface area (Å²) in [6.07, 6.45) is 3.96. The fourth-order valence-electron chi connectivity index (χ4n) is 2.68. The molecule has 0 saturated carbocycles. The lowest BCUT2D eigenvalue weighted by Crippen LogP contribution is -2.07. The zero-order chi connectivity index (χ0) is 22.2. The lowest BCUT2D eigenvalue weighted by Gasteiger charge is -2.10. The van der Waals surface area contributed by atoms with E-state index in [4.69, 9.17) is 9.47 Å². The van der Waals surface area contributed by atoms with E-state index in [1.54, 1.807) is 42.8 Å². The van der Waals surface area contributed by atoms with E-state index in [9.17, 15) is 14.9 Å². The molecule has 3 aromatic rings. The summed E-state index contributed by atoms with van der Waals surface area (Å²) in [5.74, 6) is 0.908. The van der Waals surface area contributed by atoms with Crippen molar-refractivity contribution in [2.45, 2.75) is 13.3 Å². The zero-order valence-corrected chi connectivity index (χ0v) is 17.8. The van der Waals surface area contributed by atoms with Crippen molar-refractivity contribution in [2.75, 3.05) is 19.0 Å². The average Bonchev–Trinajstić information content (AvgIpc) is 3.25.